The molecule has 0 unspecified atom stereocenters. The van der Waals surface area contributed by atoms with Gasteiger partial charge in [-0.2, -0.15) is 5.10 Å². The van der Waals surface area contributed by atoms with Crippen molar-refractivity contribution in [1.82, 2.24) is 10.2 Å². The molecular formula is C15H13BrN4O2. The minimum Gasteiger partial charge on any atom is -0.465 e. The third-order valence-electron chi connectivity index (χ3n) is 3.18. The van der Waals surface area contributed by atoms with Crippen LogP contribution in [0.4, 0.5) is 16.2 Å². The molecule has 1 amide bonds. The molecule has 0 aliphatic rings. The molecule has 0 bridgehead atoms. The molecule has 3 aromatic rings. The first-order valence-corrected chi connectivity index (χ1v) is 7.36. The number of nitrogens with zero attached hydrogens (tertiary/aromatic N) is 1. The minimum atomic E-state index is -1.07. The Labute approximate surface area is 134 Å². The van der Waals surface area contributed by atoms with E-state index in [4.69, 9.17) is 5.11 Å². The average molecular weight is 361 g/mol. The predicted octanol–water partition coefficient (Wildman–Crippen LogP) is 4.03. The maximum absolute atomic E-state index is 10.7. The standard InChI is InChI=1S/C15H13BrN4O2/c16-10-5-13(12-8-18-20-14(12)6-10)17-7-9-2-1-3-11(4-9)19-15(21)22/h1-6,8,17,19H,7H2,(H,18,20)(H,21,22). The molecule has 112 valence electrons. The van der Waals surface area contributed by atoms with Gasteiger partial charge in [-0.1, -0.05) is 28.1 Å². The third-order valence-corrected chi connectivity index (χ3v) is 3.64. The Kier molecular flexibility index (Phi) is 3.97. The summed E-state index contributed by atoms with van der Waals surface area (Å²) in [4.78, 5) is 10.7. The second kappa shape index (κ2) is 6.07. The van der Waals surface area contributed by atoms with Crippen molar-refractivity contribution < 1.29 is 9.90 Å². The second-order valence-electron chi connectivity index (χ2n) is 4.77. The van der Waals surface area contributed by atoms with E-state index in [1.807, 2.05) is 24.3 Å². The van der Waals surface area contributed by atoms with Crippen LogP contribution in [0, 0.1) is 0 Å². The molecule has 1 aromatic heterocycles. The molecule has 4 N–H and O–H groups in total. The van der Waals surface area contributed by atoms with Gasteiger partial charge in [0.15, 0.2) is 0 Å². The van der Waals surface area contributed by atoms with Gasteiger partial charge < -0.3 is 10.4 Å². The number of anilines is 2. The molecule has 1 heterocycles. The van der Waals surface area contributed by atoms with Crippen LogP contribution in [-0.2, 0) is 6.54 Å². The van der Waals surface area contributed by atoms with E-state index in [2.05, 4.69) is 36.8 Å². The van der Waals surface area contributed by atoms with Crippen LogP contribution >= 0.6 is 15.9 Å². The topological polar surface area (TPSA) is 90.0 Å². The lowest BCUT2D eigenvalue weighted by atomic mass is 10.1. The minimum absolute atomic E-state index is 0.550. The van der Waals surface area contributed by atoms with Crippen molar-refractivity contribution in [2.45, 2.75) is 6.54 Å². The number of carboxylic acid groups (broad SMARTS) is 1. The number of aromatic amines is 1. The molecule has 7 heteroatoms. The Bertz CT molecular complexity index is 831. The molecule has 0 radical (unpaired) electrons. The zero-order valence-corrected chi connectivity index (χ0v) is 13.0. The molecule has 0 saturated carbocycles. The van der Waals surface area contributed by atoms with E-state index in [1.54, 1.807) is 18.3 Å². The normalized spacial score (nSPS) is 10.6. The van der Waals surface area contributed by atoms with Crippen LogP contribution in [0.15, 0.2) is 47.1 Å². The van der Waals surface area contributed by atoms with E-state index in [1.165, 1.54) is 0 Å². The molecule has 0 aliphatic heterocycles. The van der Waals surface area contributed by atoms with Gasteiger partial charge in [-0.25, -0.2) is 4.79 Å². The molecule has 0 spiro atoms. The zero-order valence-electron chi connectivity index (χ0n) is 11.4. The molecular weight excluding hydrogens is 348 g/mol. The highest BCUT2D eigenvalue weighted by molar-refractivity contribution is 9.10. The lowest BCUT2D eigenvalue weighted by molar-refractivity contribution is 0.210. The maximum Gasteiger partial charge on any atom is 0.409 e. The molecule has 22 heavy (non-hydrogen) atoms. The van der Waals surface area contributed by atoms with Gasteiger partial charge in [0.2, 0.25) is 0 Å². The largest absolute Gasteiger partial charge is 0.465 e. The summed E-state index contributed by atoms with van der Waals surface area (Å²) in [5.74, 6) is 0. The van der Waals surface area contributed by atoms with Crippen molar-refractivity contribution in [3.8, 4) is 0 Å². The van der Waals surface area contributed by atoms with Crippen LogP contribution in [0.3, 0.4) is 0 Å². The van der Waals surface area contributed by atoms with Crippen LogP contribution in [0.5, 0.6) is 0 Å². The van der Waals surface area contributed by atoms with Crippen LogP contribution in [-0.4, -0.2) is 21.4 Å². The van der Waals surface area contributed by atoms with Gasteiger partial charge >= 0.3 is 6.09 Å². The molecule has 0 atom stereocenters. The van der Waals surface area contributed by atoms with Crippen LogP contribution in [0.2, 0.25) is 0 Å². The summed E-state index contributed by atoms with van der Waals surface area (Å²) in [6.45, 7) is 0.575. The van der Waals surface area contributed by atoms with Gasteiger partial charge in [0.1, 0.15) is 0 Å². The van der Waals surface area contributed by atoms with E-state index >= 15 is 0 Å². The molecule has 2 aromatic carbocycles. The number of benzene rings is 2. The summed E-state index contributed by atoms with van der Waals surface area (Å²) in [5, 5.41) is 22.4. The Hall–Kier alpha value is -2.54. The summed E-state index contributed by atoms with van der Waals surface area (Å²) in [6.07, 6.45) is 0.698. The number of carbonyl (C=O) groups is 1. The van der Waals surface area contributed by atoms with Gasteiger partial charge in [0.25, 0.3) is 0 Å². The number of aromatic nitrogens is 2. The third kappa shape index (κ3) is 3.20. The summed E-state index contributed by atoms with van der Waals surface area (Å²) >= 11 is 3.47. The van der Waals surface area contributed by atoms with Crippen molar-refractivity contribution in [1.29, 1.82) is 0 Å². The number of amides is 1. The van der Waals surface area contributed by atoms with Crippen LogP contribution in [0.25, 0.3) is 10.9 Å². The first kappa shape index (κ1) is 14.4. The number of rotatable bonds is 4. The molecule has 0 saturated heterocycles. The molecule has 0 fully saturated rings. The van der Waals surface area contributed by atoms with Crippen molar-refractivity contribution in [3.05, 3.63) is 52.6 Å². The maximum atomic E-state index is 10.7. The van der Waals surface area contributed by atoms with E-state index in [0.29, 0.717) is 12.2 Å². The van der Waals surface area contributed by atoms with E-state index in [9.17, 15) is 4.79 Å². The fourth-order valence-electron chi connectivity index (χ4n) is 2.24. The average Bonchev–Trinajstić information content (AvgIpc) is 2.92. The Balaban J connectivity index is 1.79. The summed E-state index contributed by atoms with van der Waals surface area (Å²) in [6, 6.07) is 11.2. The number of hydrogen-bond acceptors (Lipinski definition) is 3. The first-order chi connectivity index (χ1) is 10.6. The second-order valence-corrected chi connectivity index (χ2v) is 5.68. The number of hydrogen-bond donors (Lipinski definition) is 4. The highest BCUT2D eigenvalue weighted by Crippen LogP contribution is 2.27. The van der Waals surface area contributed by atoms with Crippen molar-refractivity contribution >= 4 is 44.3 Å². The van der Waals surface area contributed by atoms with Gasteiger partial charge in [-0.3, -0.25) is 10.4 Å². The fourth-order valence-corrected chi connectivity index (χ4v) is 2.70. The van der Waals surface area contributed by atoms with E-state index in [-0.39, 0.29) is 0 Å². The number of halogens is 1. The van der Waals surface area contributed by atoms with E-state index in [0.717, 1.165) is 26.6 Å². The predicted molar refractivity (Wildman–Crippen MR) is 89.2 cm³/mol. The lowest BCUT2D eigenvalue weighted by Crippen LogP contribution is -2.08. The summed E-state index contributed by atoms with van der Waals surface area (Å²) in [5.41, 5.74) is 3.42. The molecule has 0 aliphatic carbocycles. The van der Waals surface area contributed by atoms with Crippen molar-refractivity contribution in [2.24, 2.45) is 0 Å². The smallest absolute Gasteiger partial charge is 0.409 e. The summed E-state index contributed by atoms with van der Waals surface area (Å²) in [7, 11) is 0. The monoisotopic (exact) mass is 360 g/mol. The molecule has 3 rings (SSSR count). The van der Waals surface area contributed by atoms with Crippen LogP contribution in [0.1, 0.15) is 5.56 Å². The Morgan fingerprint density at radius 1 is 1.32 bits per heavy atom. The summed E-state index contributed by atoms with van der Waals surface area (Å²) < 4.78 is 0.952. The molecule has 6 nitrogen and oxygen atoms in total. The lowest BCUT2D eigenvalue weighted by Gasteiger charge is -2.10. The van der Waals surface area contributed by atoms with Crippen molar-refractivity contribution in [3.63, 3.8) is 0 Å². The number of fused-ring (bicyclic) bond motifs is 1. The van der Waals surface area contributed by atoms with Gasteiger partial charge in [-0.05, 0) is 29.8 Å². The zero-order chi connectivity index (χ0) is 15.5. The Morgan fingerprint density at radius 2 is 2.18 bits per heavy atom. The highest BCUT2D eigenvalue weighted by atomic mass is 79.9. The Morgan fingerprint density at radius 3 is 3.00 bits per heavy atom. The first-order valence-electron chi connectivity index (χ1n) is 6.57. The number of nitrogens with one attached hydrogen (secondary N) is 3. The van der Waals surface area contributed by atoms with E-state index < -0.39 is 6.09 Å². The quantitative estimate of drug-likeness (QED) is 0.565. The SMILES string of the molecule is O=C(O)Nc1cccc(CNc2cc(Br)cc3[nH]ncc23)c1. The number of H-pyrrole nitrogens is 1. The van der Waals surface area contributed by atoms with Crippen LogP contribution < -0.4 is 10.6 Å². The van der Waals surface area contributed by atoms with Gasteiger partial charge in [0.05, 0.1) is 11.7 Å². The van der Waals surface area contributed by atoms with Gasteiger partial charge in [0, 0.05) is 27.8 Å². The fraction of sp³-hybridized carbons (Fsp3) is 0.0667. The van der Waals surface area contributed by atoms with Crippen molar-refractivity contribution in [2.75, 3.05) is 10.6 Å². The highest BCUT2D eigenvalue weighted by Gasteiger charge is 2.05. The van der Waals surface area contributed by atoms with Gasteiger partial charge in [-0.15, -0.1) is 0 Å².